The number of unbranched alkanes of at least 4 members (excludes halogenated alkanes) is 2. The van der Waals surface area contributed by atoms with Crippen LogP contribution in [0.4, 0.5) is 8.78 Å². The molecular formula is C27H38F2O2. The van der Waals surface area contributed by atoms with E-state index in [0.717, 1.165) is 25.2 Å². The first-order valence-electron chi connectivity index (χ1n) is 12.3. The molecule has 3 rings (SSSR count). The van der Waals surface area contributed by atoms with Gasteiger partial charge in [0.2, 0.25) is 0 Å². The lowest BCUT2D eigenvalue weighted by Crippen LogP contribution is -2.32. The Labute approximate surface area is 187 Å². The van der Waals surface area contributed by atoms with Crippen LogP contribution < -0.4 is 0 Å². The van der Waals surface area contributed by atoms with Crippen LogP contribution in [0.1, 0.15) is 89.2 Å². The van der Waals surface area contributed by atoms with E-state index in [1.165, 1.54) is 50.7 Å². The van der Waals surface area contributed by atoms with Crippen LogP contribution in [-0.2, 0) is 15.9 Å². The molecule has 1 aliphatic carbocycles. The van der Waals surface area contributed by atoms with Crippen LogP contribution in [0.3, 0.4) is 0 Å². The molecule has 2 aliphatic rings. The molecule has 1 aromatic rings. The number of benzene rings is 1. The highest BCUT2D eigenvalue weighted by atomic mass is 19.1. The van der Waals surface area contributed by atoms with Crippen molar-refractivity contribution in [3.63, 3.8) is 0 Å². The molecule has 172 valence electrons. The molecule has 4 heteroatoms. The van der Waals surface area contributed by atoms with Crippen LogP contribution in [0, 0.1) is 41.2 Å². The summed E-state index contributed by atoms with van der Waals surface area (Å²) in [5, 5.41) is 0. The molecule has 2 fully saturated rings. The Morgan fingerprint density at radius 3 is 2.19 bits per heavy atom. The molecule has 0 aromatic heterocycles. The van der Waals surface area contributed by atoms with E-state index < -0.39 is 11.6 Å². The summed E-state index contributed by atoms with van der Waals surface area (Å²) in [4.78, 5) is 0. The van der Waals surface area contributed by atoms with Crippen molar-refractivity contribution in [2.24, 2.45) is 17.8 Å². The summed E-state index contributed by atoms with van der Waals surface area (Å²) in [5.41, 5.74) is 0.530. The molecule has 0 atom stereocenters. The van der Waals surface area contributed by atoms with E-state index in [1.807, 2.05) is 0 Å². The zero-order chi connectivity index (χ0) is 22.1. The predicted octanol–water partition coefficient (Wildman–Crippen LogP) is 7.03. The van der Waals surface area contributed by atoms with Crippen molar-refractivity contribution >= 4 is 0 Å². The van der Waals surface area contributed by atoms with Gasteiger partial charge in [0, 0.05) is 18.3 Å². The molecule has 1 saturated carbocycles. The fourth-order valence-electron chi connectivity index (χ4n) is 4.66. The fraction of sp³-hybridized carbons (Fsp3) is 0.704. The third-order valence-electron chi connectivity index (χ3n) is 6.85. The first kappa shape index (κ1) is 24.2. The van der Waals surface area contributed by atoms with Crippen LogP contribution in [0.15, 0.2) is 12.1 Å². The Morgan fingerprint density at radius 2 is 1.58 bits per heavy atom. The molecule has 0 amide bonds. The summed E-state index contributed by atoms with van der Waals surface area (Å²) in [6.45, 7) is 5.85. The molecule has 0 radical (unpaired) electrons. The maximum absolute atomic E-state index is 14.5. The largest absolute Gasteiger partial charge is 0.352 e. The molecule has 2 nitrogen and oxygen atoms in total. The van der Waals surface area contributed by atoms with E-state index >= 15 is 0 Å². The van der Waals surface area contributed by atoms with E-state index in [-0.39, 0.29) is 17.8 Å². The second-order valence-electron chi connectivity index (χ2n) is 9.33. The van der Waals surface area contributed by atoms with Crippen molar-refractivity contribution in [3.05, 3.63) is 34.9 Å². The fourth-order valence-corrected chi connectivity index (χ4v) is 4.66. The van der Waals surface area contributed by atoms with Crippen molar-refractivity contribution < 1.29 is 18.3 Å². The van der Waals surface area contributed by atoms with Gasteiger partial charge in [0.15, 0.2) is 6.29 Å². The van der Waals surface area contributed by atoms with Crippen LogP contribution in [0.25, 0.3) is 0 Å². The average Bonchev–Trinajstić information content (AvgIpc) is 2.78. The highest BCUT2D eigenvalue weighted by molar-refractivity contribution is 5.39. The standard InChI is InChI=1S/C27H38F2O2/c1-3-5-6-7-23-18-30-27(31-19-23)15-13-22-16-25(28)24(26(29)17-22)14-12-21-10-8-20(4-2)9-11-21/h16-17,20-21,23,27H,3-11,13,15,18-19H2,1-2H3. The zero-order valence-corrected chi connectivity index (χ0v) is 19.2. The van der Waals surface area contributed by atoms with Crippen molar-refractivity contribution in [1.29, 1.82) is 0 Å². The molecule has 1 saturated heterocycles. The van der Waals surface area contributed by atoms with Gasteiger partial charge in [-0.05, 0) is 62.1 Å². The maximum Gasteiger partial charge on any atom is 0.157 e. The molecular weight excluding hydrogens is 394 g/mol. The summed E-state index contributed by atoms with van der Waals surface area (Å²) < 4.78 is 40.7. The number of halogens is 2. The lowest BCUT2D eigenvalue weighted by molar-refractivity contribution is -0.203. The molecule has 1 heterocycles. The third-order valence-corrected chi connectivity index (χ3v) is 6.85. The summed E-state index contributed by atoms with van der Waals surface area (Å²) in [5.74, 6) is 6.29. The quantitative estimate of drug-likeness (QED) is 0.324. The molecule has 0 unspecified atom stereocenters. The van der Waals surface area contributed by atoms with Crippen molar-refractivity contribution in [3.8, 4) is 11.8 Å². The SMILES string of the molecule is CCCCCC1COC(CCc2cc(F)c(C#CC3CCC(CC)CC3)c(F)c2)OC1. The smallest absolute Gasteiger partial charge is 0.157 e. The summed E-state index contributed by atoms with van der Waals surface area (Å²) in [6, 6.07) is 2.83. The second kappa shape index (κ2) is 12.6. The van der Waals surface area contributed by atoms with Crippen LogP contribution >= 0.6 is 0 Å². The Hall–Kier alpha value is -1.44. The van der Waals surface area contributed by atoms with Gasteiger partial charge in [-0.25, -0.2) is 8.78 Å². The van der Waals surface area contributed by atoms with Crippen LogP contribution in [0.5, 0.6) is 0 Å². The Morgan fingerprint density at radius 1 is 0.903 bits per heavy atom. The van der Waals surface area contributed by atoms with Crippen LogP contribution in [-0.4, -0.2) is 19.5 Å². The first-order valence-corrected chi connectivity index (χ1v) is 12.3. The Kier molecular flexibility index (Phi) is 9.81. The Balaban J connectivity index is 1.47. The van der Waals surface area contributed by atoms with E-state index in [0.29, 0.717) is 37.5 Å². The molecule has 1 aliphatic heterocycles. The van der Waals surface area contributed by atoms with Crippen LogP contribution in [0.2, 0.25) is 0 Å². The van der Waals surface area contributed by atoms with E-state index in [1.54, 1.807) is 0 Å². The molecule has 31 heavy (non-hydrogen) atoms. The summed E-state index contributed by atoms with van der Waals surface area (Å²) >= 11 is 0. The number of ether oxygens (including phenoxy) is 2. The first-order chi connectivity index (χ1) is 15.1. The van der Waals surface area contributed by atoms with E-state index in [4.69, 9.17) is 9.47 Å². The third kappa shape index (κ3) is 7.58. The van der Waals surface area contributed by atoms with Gasteiger partial charge in [0.1, 0.15) is 11.6 Å². The van der Waals surface area contributed by atoms with Crippen molar-refractivity contribution in [2.75, 3.05) is 13.2 Å². The van der Waals surface area contributed by atoms with Gasteiger partial charge in [-0.15, -0.1) is 0 Å². The van der Waals surface area contributed by atoms with Gasteiger partial charge in [0.05, 0.1) is 18.8 Å². The minimum Gasteiger partial charge on any atom is -0.352 e. The van der Waals surface area contributed by atoms with Gasteiger partial charge >= 0.3 is 0 Å². The minimum atomic E-state index is -0.564. The number of aryl methyl sites for hydroxylation is 1. The van der Waals surface area contributed by atoms with Gasteiger partial charge in [-0.3, -0.25) is 0 Å². The predicted molar refractivity (Wildman–Crippen MR) is 121 cm³/mol. The van der Waals surface area contributed by atoms with Crippen molar-refractivity contribution in [2.45, 2.75) is 90.8 Å². The summed E-state index contributed by atoms with van der Waals surface area (Å²) in [7, 11) is 0. The van der Waals surface area contributed by atoms with E-state index in [2.05, 4.69) is 25.7 Å². The maximum atomic E-state index is 14.5. The summed E-state index contributed by atoms with van der Waals surface area (Å²) in [6.07, 6.45) is 11.3. The normalized spacial score (nSPS) is 26.3. The topological polar surface area (TPSA) is 18.5 Å². The lowest BCUT2D eigenvalue weighted by atomic mass is 9.81. The van der Waals surface area contributed by atoms with Gasteiger partial charge in [-0.1, -0.05) is 51.4 Å². The highest BCUT2D eigenvalue weighted by Gasteiger charge is 2.22. The average molecular weight is 433 g/mol. The number of rotatable bonds is 8. The Bertz CT molecular complexity index is 712. The van der Waals surface area contributed by atoms with Crippen molar-refractivity contribution in [1.82, 2.24) is 0 Å². The monoisotopic (exact) mass is 432 g/mol. The molecule has 0 bridgehead atoms. The lowest BCUT2D eigenvalue weighted by Gasteiger charge is -2.29. The van der Waals surface area contributed by atoms with Gasteiger partial charge < -0.3 is 9.47 Å². The molecule has 0 spiro atoms. The molecule has 1 aromatic carbocycles. The second-order valence-corrected chi connectivity index (χ2v) is 9.33. The zero-order valence-electron chi connectivity index (χ0n) is 19.2. The van der Waals surface area contributed by atoms with Gasteiger partial charge in [-0.2, -0.15) is 0 Å². The number of hydrogen-bond donors (Lipinski definition) is 0. The highest BCUT2D eigenvalue weighted by Crippen LogP contribution is 2.30. The van der Waals surface area contributed by atoms with E-state index in [9.17, 15) is 8.78 Å². The molecule has 0 N–H and O–H groups in total. The van der Waals surface area contributed by atoms with Gasteiger partial charge in [0.25, 0.3) is 0 Å². The minimum absolute atomic E-state index is 0.0959. The number of hydrogen-bond acceptors (Lipinski definition) is 2.